The van der Waals surface area contributed by atoms with Crippen molar-refractivity contribution in [2.75, 3.05) is 43.0 Å². The minimum absolute atomic E-state index is 0.192. The number of ether oxygens (including phenoxy) is 1. The first-order valence-corrected chi connectivity index (χ1v) is 15.0. The molecule has 8 rings (SSSR count). The molecule has 9 nitrogen and oxygen atoms in total. The molecule has 4 aliphatic rings. The van der Waals surface area contributed by atoms with Crippen molar-refractivity contribution in [3.05, 3.63) is 36.4 Å². The van der Waals surface area contributed by atoms with Crippen molar-refractivity contribution in [1.29, 1.82) is 0 Å². The van der Waals surface area contributed by atoms with Gasteiger partial charge in [0.25, 0.3) is 0 Å². The number of thiazole rings is 1. The predicted molar refractivity (Wildman–Crippen MR) is 155 cm³/mol. The molecule has 0 saturated carbocycles. The predicted octanol–water partition coefficient (Wildman–Crippen LogP) is 4.58. The van der Waals surface area contributed by atoms with Crippen LogP contribution in [0.4, 0.5) is 21.0 Å². The number of halogens is 1. The Morgan fingerprint density at radius 2 is 1.98 bits per heavy atom. The van der Waals surface area contributed by atoms with Crippen LogP contribution in [0.5, 0.6) is 11.8 Å². The number of alkyl halides is 1. The molecule has 0 spiro atoms. The number of nitrogens with one attached hydrogen (secondary N) is 2. The first-order valence-electron chi connectivity index (χ1n) is 14.2. The van der Waals surface area contributed by atoms with Crippen molar-refractivity contribution in [2.24, 2.45) is 0 Å². The van der Waals surface area contributed by atoms with E-state index in [1.165, 1.54) is 11.3 Å². The second-order valence-electron chi connectivity index (χ2n) is 11.7. The molecule has 3 N–H and O–H groups in total. The summed E-state index contributed by atoms with van der Waals surface area (Å²) in [5.74, 6) is 0.983. The number of phenols is 1. The molecule has 4 aromatic rings. The fourth-order valence-corrected chi connectivity index (χ4v) is 8.10. The minimum Gasteiger partial charge on any atom is -0.508 e. The summed E-state index contributed by atoms with van der Waals surface area (Å²) in [7, 11) is 0. The van der Waals surface area contributed by atoms with Crippen molar-refractivity contribution < 1.29 is 14.2 Å². The van der Waals surface area contributed by atoms with E-state index in [0.717, 1.165) is 77.9 Å². The first-order chi connectivity index (χ1) is 19.5. The number of rotatable bonds is 6. The molecule has 4 atom stereocenters. The van der Waals surface area contributed by atoms with E-state index < -0.39 is 6.17 Å². The maximum Gasteiger partial charge on any atom is 0.319 e. The third-order valence-electron chi connectivity index (χ3n) is 9.05. The fourth-order valence-electron chi connectivity index (χ4n) is 7.26. The normalized spacial score (nSPS) is 28.0. The van der Waals surface area contributed by atoms with Crippen LogP contribution in [0, 0.1) is 0 Å². The van der Waals surface area contributed by atoms with Crippen LogP contribution in [0.3, 0.4) is 0 Å². The third-order valence-corrected chi connectivity index (χ3v) is 9.92. The lowest BCUT2D eigenvalue weighted by Gasteiger charge is -2.34. The Morgan fingerprint density at radius 3 is 2.85 bits per heavy atom. The molecule has 0 amide bonds. The summed E-state index contributed by atoms with van der Waals surface area (Å²) in [6.07, 6.45) is 4.04. The van der Waals surface area contributed by atoms with Crippen LogP contribution < -0.4 is 20.3 Å². The van der Waals surface area contributed by atoms with Crippen LogP contribution in [-0.4, -0.2) is 81.5 Å². The Kier molecular flexibility index (Phi) is 5.75. The van der Waals surface area contributed by atoms with Gasteiger partial charge in [0, 0.05) is 49.6 Å². The molecule has 2 unspecified atom stereocenters. The number of hydrogen-bond acceptors (Lipinski definition) is 10. The van der Waals surface area contributed by atoms with Crippen LogP contribution in [0.25, 0.3) is 21.1 Å². The van der Waals surface area contributed by atoms with E-state index in [4.69, 9.17) is 19.7 Å². The molecule has 2 aromatic carbocycles. The quantitative estimate of drug-likeness (QED) is 0.312. The lowest BCUT2D eigenvalue weighted by atomic mass is 9.95. The van der Waals surface area contributed by atoms with Crippen molar-refractivity contribution in [2.45, 2.75) is 55.9 Å². The fraction of sp³-hybridized carbons (Fsp3) is 0.483. The Bertz CT molecular complexity index is 1590. The zero-order valence-electron chi connectivity index (χ0n) is 22.1. The number of fused-ring (bicyclic) bond motifs is 5. The summed E-state index contributed by atoms with van der Waals surface area (Å²) in [6, 6.07) is 12.6. The summed E-state index contributed by atoms with van der Waals surface area (Å²) >= 11 is 1.44. The van der Waals surface area contributed by atoms with Crippen molar-refractivity contribution in [3.63, 3.8) is 0 Å². The number of benzene rings is 2. The molecule has 2 bridgehead atoms. The zero-order valence-corrected chi connectivity index (χ0v) is 23.0. The minimum atomic E-state index is -0.803. The number of piperazine rings is 1. The van der Waals surface area contributed by atoms with Crippen LogP contribution in [-0.2, 0) is 0 Å². The van der Waals surface area contributed by atoms with E-state index in [0.29, 0.717) is 42.8 Å². The highest BCUT2D eigenvalue weighted by molar-refractivity contribution is 7.22. The van der Waals surface area contributed by atoms with E-state index in [1.807, 2.05) is 24.3 Å². The number of phenolic OH excluding ortho intramolecular Hbond substituents is 1. The van der Waals surface area contributed by atoms with E-state index in [1.54, 1.807) is 12.1 Å². The Labute approximate surface area is 235 Å². The molecule has 4 saturated heterocycles. The molecular weight excluding hydrogens is 529 g/mol. The number of nitrogens with zero attached hydrogens (tertiary/aromatic N) is 5. The summed E-state index contributed by atoms with van der Waals surface area (Å²) in [4.78, 5) is 20.0. The standard InChI is InChI=1S/C29H32FN7O2S/c30-18-12-29(8-3-9-37(29)13-18)16-39-27-34-25(36-14-19-6-7-20(15-36)31-19)24-26(35-27)40-28(33-24)32-23-11-21(38)10-17-4-1-2-5-22(17)23/h1-2,4-5,10-11,18-20,31,38H,3,6-9,12-16H2,(H,32,33)/t18?,19-,20?,29-/m0/s1. The molecule has 40 heavy (non-hydrogen) atoms. The molecule has 2 aromatic heterocycles. The van der Waals surface area contributed by atoms with E-state index in [2.05, 4.69) is 20.4 Å². The van der Waals surface area contributed by atoms with E-state index in [-0.39, 0.29) is 11.3 Å². The third kappa shape index (κ3) is 4.22. The average Bonchev–Trinajstić information content (AvgIpc) is 3.68. The van der Waals surface area contributed by atoms with Gasteiger partial charge in [-0.3, -0.25) is 4.90 Å². The monoisotopic (exact) mass is 561 g/mol. The maximum absolute atomic E-state index is 14.3. The Morgan fingerprint density at radius 1 is 1.12 bits per heavy atom. The number of hydrogen-bond donors (Lipinski definition) is 3. The molecular formula is C29H32FN7O2S. The largest absolute Gasteiger partial charge is 0.508 e. The van der Waals surface area contributed by atoms with Crippen molar-refractivity contribution in [3.8, 4) is 11.8 Å². The van der Waals surface area contributed by atoms with Crippen molar-refractivity contribution in [1.82, 2.24) is 25.2 Å². The van der Waals surface area contributed by atoms with Gasteiger partial charge in [0.15, 0.2) is 15.8 Å². The summed E-state index contributed by atoms with van der Waals surface area (Å²) in [5.41, 5.74) is 1.27. The van der Waals surface area contributed by atoms with Gasteiger partial charge in [-0.15, -0.1) is 0 Å². The maximum atomic E-state index is 14.3. The van der Waals surface area contributed by atoms with E-state index in [9.17, 15) is 9.50 Å². The molecule has 4 aliphatic heterocycles. The van der Waals surface area contributed by atoms with Crippen LogP contribution in [0.1, 0.15) is 32.1 Å². The lowest BCUT2D eigenvalue weighted by molar-refractivity contribution is 0.107. The first kappa shape index (κ1) is 24.5. The number of aromatic hydroxyl groups is 1. The van der Waals surface area contributed by atoms with Gasteiger partial charge >= 0.3 is 6.01 Å². The van der Waals surface area contributed by atoms with E-state index >= 15 is 0 Å². The topological polar surface area (TPSA) is 98.7 Å². The van der Waals surface area contributed by atoms with Gasteiger partial charge in [-0.1, -0.05) is 35.6 Å². The lowest BCUT2D eigenvalue weighted by Crippen LogP contribution is -2.51. The smallest absolute Gasteiger partial charge is 0.319 e. The Balaban J connectivity index is 1.15. The summed E-state index contributed by atoms with van der Waals surface area (Å²) < 4.78 is 20.6. The molecule has 0 radical (unpaired) electrons. The summed E-state index contributed by atoms with van der Waals surface area (Å²) in [6.45, 7) is 3.53. The van der Waals surface area contributed by atoms with Crippen molar-refractivity contribution >= 4 is 49.1 Å². The van der Waals surface area contributed by atoms with Crippen LogP contribution in [0.2, 0.25) is 0 Å². The molecule has 4 fully saturated rings. The molecule has 0 aliphatic carbocycles. The summed E-state index contributed by atoms with van der Waals surface area (Å²) in [5, 5.41) is 20.1. The van der Waals surface area contributed by atoms with Gasteiger partial charge in [0.1, 0.15) is 24.0 Å². The highest BCUT2D eigenvalue weighted by Gasteiger charge is 2.49. The van der Waals surface area contributed by atoms with Crippen LogP contribution >= 0.6 is 11.3 Å². The molecule has 11 heteroatoms. The number of anilines is 3. The van der Waals surface area contributed by atoms with Gasteiger partial charge < -0.3 is 25.4 Å². The zero-order chi connectivity index (χ0) is 26.8. The molecule has 208 valence electrons. The second kappa shape index (κ2) is 9.39. The molecule has 6 heterocycles. The van der Waals surface area contributed by atoms with Gasteiger partial charge in [-0.05, 0) is 43.7 Å². The van der Waals surface area contributed by atoms with Gasteiger partial charge in [0.05, 0.1) is 11.2 Å². The van der Waals surface area contributed by atoms with Gasteiger partial charge in [0.2, 0.25) is 0 Å². The average molecular weight is 562 g/mol. The SMILES string of the molecule is Oc1cc(Nc2nc3c(N4CC5CC[C@@H](C4)N5)nc(OC[C@@]45CCCN4CC(F)C5)nc3s2)c2ccccc2c1. The second-order valence-corrected chi connectivity index (χ2v) is 12.7. The van der Waals surface area contributed by atoms with Gasteiger partial charge in [-0.25, -0.2) is 9.37 Å². The highest BCUT2D eigenvalue weighted by Crippen LogP contribution is 2.41. The Hall–Kier alpha value is -3.28. The number of aromatic nitrogens is 3. The highest BCUT2D eigenvalue weighted by atomic mass is 32.1. The van der Waals surface area contributed by atoms with Gasteiger partial charge in [-0.2, -0.15) is 9.97 Å². The van der Waals surface area contributed by atoms with Crippen LogP contribution in [0.15, 0.2) is 36.4 Å².